The Labute approximate surface area is 95.0 Å². The maximum absolute atomic E-state index is 10.7. The summed E-state index contributed by atoms with van der Waals surface area (Å²) in [5, 5.41) is 8.78. The maximum atomic E-state index is 10.7. The van der Waals surface area contributed by atoms with Crippen molar-refractivity contribution in [1.29, 1.82) is 0 Å². The summed E-state index contributed by atoms with van der Waals surface area (Å²) >= 11 is 0. The fourth-order valence-electron chi connectivity index (χ4n) is 2.24. The topological polar surface area (TPSA) is 46.5 Å². The molecule has 3 nitrogen and oxygen atoms in total. The Morgan fingerprint density at radius 1 is 1.50 bits per heavy atom. The van der Waals surface area contributed by atoms with E-state index in [-0.39, 0.29) is 5.92 Å². The molecular formula is C13H16O3. The molecule has 3 heteroatoms. The van der Waals surface area contributed by atoms with Crippen LogP contribution in [0.2, 0.25) is 0 Å². The van der Waals surface area contributed by atoms with Gasteiger partial charge in [0.2, 0.25) is 0 Å². The minimum atomic E-state index is -0.651. The average molecular weight is 220 g/mol. The Morgan fingerprint density at radius 3 is 2.88 bits per heavy atom. The van der Waals surface area contributed by atoms with Crippen LogP contribution >= 0.6 is 0 Å². The molecule has 1 aromatic carbocycles. The van der Waals surface area contributed by atoms with Crippen LogP contribution < -0.4 is 4.74 Å². The first-order valence-corrected chi connectivity index (χ1v) is 5.54. The minimum Gasteiger partial charge on any atom is -0.497 e. The first kappa shape index (κ1) is 11.0. The molecule has 1 aromatic rings. The van der Waals surface area contributed by atoms with Crippen LogP contribution in [0.5, 0.6) is 5.75 Å². The summed E-state index contributed by atoms with van der Waals surface area (Å²) < 4.78 is 5.15. The molecule has 1 fully saturated rings. The standard InChI is InChI=1S/C13H16O3/c1-16-12-4-2-3-9(8-12)5-10-6-11(7-10)13(14)15/h2-4,8,10-11H,5-7H2,1H3,(H,14,15). The third kappa shape index (κ3) is 2.35. The second kappa shape index (κ2) is 4.56. The third-order valence-electron chi connectivity index (χ3n) is 3.24. The second-order valence-electron chi connectivity index (χ2n) is 4.43. The van der Waals surface area contributed by atoms with E-state index >= 15 is 0 Å². The SMILES string of the molecule is COc1cccc(CC2CC(C(=O)O)C2)c1. The lowest BCUT2D eigenvalue weighted by Gasteiger charge is -2.32. The van der Waals surface area contributed by atoms with Gasteiger partial charge in [0.25, 0.3) is 0 Å². The van der Waals surface area contributed by atoms with E-state index in [0.29, 0.717) is 5.92 Å². The molecule has 0 amide bonds. The van der Waals surface area contributed by atoms with Gasteiger partial charge in [0.15, 0.2) is 0 Å². The molecule has 0 radical (unpaired) electrons. The lowest BCUT2D eigenvalue weighted by Crippen LogP contribution is -2.31. The highest BCUT2D eigenvalue weighted by atomic mass is 16.5. The Kier molecular flexibility index (Phi) is 3.13. The van der Waals surface area contributed by atoms with Crippen molar-refractivity contribution in [3.8, 4) is 5.75 Å². The van der Waals surface area contributed by atoms with E-state index in [0.717, 1.165) is 25.0 Å². The average Bonchev–Trinajstić information content (AvgIpc) is 2.22. The van der Waals surface area contributed by atoms with E-state index in [2.05, 4.69) is 6.07 Å². The molecule has 0 saturated heterocycles. The molecule has 0 spiro atoms. The van der Waals surface area contributed by atoms with E-state index in [1.807, 2.05) is 18.2 Å². The summed E-state index contributed by atoms with van der Waals surface area (Å²) in [5.41, 5.74) is 1.23. The summed E-state index contributed by atoms with van der Waals surface area (Å²) in [7, 11) is 1.66. The smallest absolute Gasteiger partial charge is 0.306 e. The van der Waals surface area contributed by atoms with Gasteiger partial charge in [-0.25, -0.2) is 0 Å². The van der Waals surface area contributed by atoms with Crippen molar-refractivity contribution in [1.82, 2.24) is 0 Å². The van der Waals surface area contributed by atoms with Crippen molar-refractivity contribution in [2.24, 2.45) is 11.8 Å². The number of carboxylic acid groups (broad SMARTS) is 1. The van der Waals surface area contributed by atoms with Gasteiger partial charge in [-0.05, 0) is 42.9 Å². The molecule has 86 valence electrons. The van der Waals surface area contributed by atoms with Crippen molar-refractivity contribution < 1.29 is 14.6 Å². The molecule has 1 saturated carbocycles. The molecule has 1 aliphatic carbocycles. The number of ether oxygens (including phenoxy) is 1. The molecule has 16 heavy (non-hydrogen) atoms. The van der Waals surface area contributed by atoms with Crippen molar-refractivity contribution in [2.45, 2.75) is 19.3 Å². The van der Waals surface area contributed by atoms with Crippen LogP contribution in [0, 0.1) is 11.8 Å². The predicted molar refractivity (Wildman–Crippen MR) is 60.5 cm³/mol. The van der Waals surface area contributed by atoms with Crippen LogP contribution in [0.4, 0.5) is 0 Å². The normalized spacial score (nSPS) is 23.6. The van der Waals surface area contributed by atoms with Gasteiger partial charge in [-0.15, -0.1) is 0 Å². The van der Waals surface area contributed by atoms with Crippen LogP contribution in [-0.4, -0.2) is 18.2 Å². The zero-order valence-corrected chi connectivity index (χ0v) is 9.35. The third-order valence-corrected chi connectivity index (χ3v) is 3.24. The first-order valence-electron chi connectivity index (χ1n) is 5.54. The van der Waals surface area contributed by atoms with Crippen LogP contribution in [0.3, 0.4) is 0 Å². The minimum absolute atomic E-state index is 0.115. The highest BCUT2D eigenvalue weighted by Crippen LogP contribution is 2.36. The summed E-state index contributed by atoms with van der Waals surface area (Å²) in [4.78, 5) is 10.7. The van der Waals surface area contributed by atoms with Gasteiger partial charge >= 0.3 is 5.97 Å². The Hall–Kier alpha value is -1.51. The van der Waals surface area contributed by atoms with Crippen molar-refractivity contribution >= 4 is 5.97 Å². The maximum Gasteiger partial charge on any atom is 0.306 e. The Balaban J connectivity index is 1.89. The molecule has 0 bridgehead atoms. The van der Waals surface area contributed by atoms with Gasteiger partial charge < -0.3 is 9.84 Å². The van der Waals surface area contributed by atoms with E-state index in [1.54, 1.807) is 7.11 Å². The number of rotatable bonds is 4. The van der Waals surface area contributed by atoms with Crippen molar-refractivity contribution in [2.75, 3.05) is 7.11 Å². The quantitative estimate of drug-likeness (QED) is 0.847. The Morgan fingerprint density at radius 2 is 2.25 bits per heavy atom. The summed E-state index contributed by atoms with van der Waals surface area (Å²) in [6.07, 6.45) is 2.58. The molecule has 0 unspecified atom stereocenters. The number of carbonyl (C=O) groups is 1. The summed E-state index contributed by atoms with van der Waals surface area (Å²) in [6.45, 7) is 0. The number of carboxylic acids is 1. The first-order chi connectivity index (χ1) is 7.69. The monoisotopic (exact) mass is 220 g/mol. The van der Waals surface area contributed by atoms with Gasteiger partial charge in [-0.1, -0.05) is 12.1 Å². The van der Waals surface area contributed by atoms with Crippen LogP contribution in [0.15, 0.2) is 24.3 Å². The number of hydrogen-bond donors (Lipinski definition) is 1. The predicted octanol–water partition coefficient (Wildman–Crippen LogP) is 2.35. The molecule has 0 atom stereocenters. The highest BCUT2D eigenvalue weighted by Gasteiger charge is 2.34. The van der Waals surface area contributed by atoms with E-state index in [1.165, 1.54) is 5.56 Å². The molecular weight excluding hydrogens is 204 g/mol. The van der Waals surface area contributed by atoms with E-state index < -0.39 is 5.97 Å². The van der Waals surface area contributed by atoms with Gasteiger partial charge in [0.1, 0.15) is 5.75 Å². The molecule has 0 aromatic heterocycles. The second-order valence-corrected chi connectivity index (χ2v) is 4.43. The lowest BCUT2D eigenvalue weighted by atomic mass is 9.72. The number of hydrogen-bond acceptors (Lipinski definition) is 2. The summed E-state index contributed by atoms with van der Waals surface area (Å²) in [6, 6.07) is 7.98. The van der Waals surface area contributed by atoms with Crippen molar-refractivity contribution in [3.63, 3.8) is 0 Å². The fraction of sp³-hybridized carbons (Fsp3) is 0.462. The fourth-order valence-corrected chi connectivity index (χ4v) is 2.24. The highest BCUT2D eigenvalue weighted by molar-refractivity contribution is 5.71. The zero-order chi connectivity index (χ0) is 11.5. The molecule has 0 heterocycles. The largest absolute Gasteiger partial charge is 0.497 e. The zero-order valence-electron chi connectivity index (χ0n) is 9.35. The van der Waals surface area contributed by atoms with Gasteiger partial charge in [-0.2, -0.15) is 0 Å². The van der Waals surface area contributed by atoms with E-state index in [9.17, 15) is 4.79 Å². The van der Waals surface area contributed by atoms with Gasteiger partial charge in [-0.3, -0.25) is 4.79 Å². The number of benzene rings is 1. The summed E-state index contributed by atoms with van der Waals surface area (Å²) in [5.74, 6) is 0.623. The Bertz CT molecular complexity index is 381. The molecule has 1 aliphatic rings. The molecule has 0 aliphatic heterocycles. The lowest BCUT2D eigenvalue weighted by molar-refractivity contribution is -0.146. The van der Waals surface area contributed by atoms with Crippen LogP contribution in [0.1, 0.15) is 18.4 Å². The molecule has 1 N–H and O–H groups in total. The van der Waals surface area contributed by atoms with Gasteiger partial charge in [0, 0.05) is 0 Å². The van der Waals surface area contributed by atoms with Crippen LogP contribution in [0.25, 0.3) is 0 Å². The van der Waals surface area contributed by atoms with Crippen LogP contribution in [-0.2, 0) is 11.2 Å². The number of methoxy groups -OCH3 is 1. The molecule has 2 rings (SSSR count). The van der Waals surface area contributed by atoms with Gasteiger partial charge in [0.05, 0.1) is 13.0 Å². The van der Waals surface area contributed by atoms with E-state index in [4.69, 9.17) is 9.84 Å². The van der Waals surface area contributed by atoms with Crippen molar-refractivity contribution in [3.05, 3.63) is 29.8 Å². The number of aliphatic carboxylic acids is 1.